The molecule has 0 amide bonds. The van der Waals surface area contributed by atoms with Gasteiger partial charge in [-0.1, -0.05) is 39.3 Å². The van der Waals surface area contributed by atoms with Crippen LogP contribution < -0.4 is 5.32 Å². The van der Waals surface area contributed by atoms with Gasteiger partial charge in [-0.15, -0.1) is 0 Å². The standard InChI is InChI=1S/C33H55NO6/c1-18-5-10-26(34-16-18)19(2)23-8-9-24-22-7-6-20-15-21(11-13-32(20,3)25(22)12-14-33(23,24)4)39-31-30(38)29(37)28(36)27(17-35)40-31/h6,18-19,21-31,34-38H,5,7-17H2,1-4H3. The van der Waals surface area contributed by atoms with Crippen LogP contribution in [-0.4, -0.2) is 76.4 Å². The number of aliphatic hydroxyl groups excluding tert-OH is 4. The van der Waals surface area contributed by atoms with Crippen LogP contribution in [0, 0.1) is 46.3 Å². The summed E-state index contributed by atoms with van der Waals surface area (Å²) in [4.78, 5) is 0. The van der Waals surface area contributed by atoms with Crippen molar-refractivity contribution in [2.45, 2.75) is 135 Å². The molecule has 0 aromatic heterocycles. The zero-order chi connectivity index (χ0) is 28.4. The molecule has 2 saturated heterocycles. The topological polar surface area (TPSA) is 111 Å². The molecule has 3 saturated carbocycles. The summed E-state index contributed by atoms with van der Waals surface area (Å²) < 4.78 is 11.9. The maximum absolute atomic E-state index is 10.5. The lowest BCUT2D eigenvalue weighted by Gasteiger charge is -2.59. The highest BCUT2D eigenvalue weighted by molar-refractivity contribution is 5.25. The zero-order valence-corrected chi connectivity index (χ0v) is 25.2. The van der Waals surface area contributed by atoms with Crippen LogP contribution in [0.1, 0.15) is 91.9 Å². The largest absolute Gasteiger partial charge is 0.394 e. The average molecular weight is 562 g/mol. The van der Waals surface area contributed by atoms with Crippen LogP contribution in [0.4, 0.5) is 0 Å². The fraction of sp³-hybridized carbons (Fsp3) is 0.939. The molecular formula is C33H55NO6. The Morgan fingerprint density at radius 2 is 1.80 bits per heavy atom. The van der Waals surface area contributed by atoms with Crippen molar-refractivity contribution < 1.29 is 29.9 Å². The molecule has 15 unspecified atom stereocenters. The second-order valence-corrected chi connectivity index (χ2v) is 15.2. The molecule has 0 spiro atoms. The predicted octanol–water partition coefficient (Wildman–Crippen LogP) is 3.77. The highest BCUT2D eigenvalue weighted by Crippen LogP contribution is 2.67. The van der Waals surface area contributed by atoms with Crippen molar-refractivity contribution >= 4 is 0 Å². The third kappa shape index (κ3) is 4.84. The van der Waals surface area contributed by atoms with Gasteiger partial charge in [0, 0.05) is 6.04 Å². The number of rotatable bonds is 5. The molecule has 7 nitrogen and oxygen atoms in total. The Balaban J connectivity index is 1.13. The molecule has 2 heterocycles. The van der Waals surface area contributed by atoms with Gasteiger partial charge in [0.25, 0.3) is 0 Å². The molecule has 40 heavy (non-hydrogen) atoms. The number of fused-ring (bicyclic) bond motifs is 5. The van der Waals surface area contributed by atoms with Crippen LogP contribution in [-0.2, 0) is 9.47 Å². The van der Waals surface area contributed by atoms with Crippen LogP contribution in [0.3, 0.4) is 0 Å². The lowest BCUT2D eigenvalue weighted by Crippen LogP contribution is -2.60. The van der Waals surface area contributed by atoms with Crippen LogP contribution in [0.2, 0.25) is 0 Å². The van der Waals surface area contributed by atoms with E-state index in [1.165, 1.54) is 57.1 Å². The van der Waals surface area contributed by atoms with Gasteiger partial charge in [-0.05, 0) is 117 Å². The highest BCUT2D eigenvalue weighted by atomic mass is 16.7. The Morgan fingerprint density at radius 3 is 2.52 bits per heavy atom. The SMILES string of the molecule is CC1CCC(C(C)C2CCC3C4CC=C5CC(OC6OC(CO)C(O)C(O)C6O)CCC5(C)C4CCC23C)NC1. The van der Waals surface area contributed by atoms with Gasteiger partial charge >= 0.3 is 0 Å². The molecule has 0 bridgehead atoms. The van der Waals surface area contributed by atoms with Gasteiger partial charge in [0.2, 0.25) is 0 Å². The molecule has 6 rings (SSSR count). The van der Waals surface area contributed by atoms with E-state index < -0.39 is 37.3 Å². The number of piperidine rings is 1. The lowest BCUT2D eigenvalue weighted by molar-refractivity contribution is -0.313. The summed E-state index contributed by atoms with van der Waals surface area (Å²) in [6, 6.07) is 0.684. The van der Waals surface area contributed by atoms with E-state index in [0.717, 1.165) is 54.8 Å². The van der Waals surface area contributed by atoms with Crippen molar-refractivity contribution in [3.05, 3.63) is 11.6 Å². The van der Waals surface area contributed by atoms with E-state index in [1.54, 1.807) is 0 Å². The van der Waals surface area contributed by atoms with Gasteiger partial charge in [-0.3, -0.25) is 0 Å². The van der Waals surface area contributed by atoms with Gasteiger partial charge in [0.05, 0.1) is 12.7 Å². The Morgan fingerprint density at radius 1 is 1.00 bits per heavy atom. The molecule has 4 aliphatic carbocycles. The Labute approximate surface area is 241 Å². The van der Waals surface area contributed by atoms with Gasteiger partial charge in [-0.2, -0.15) is 0 Å². The number of nitrogens with one attached hydrogen (secondary N) is 1. The van der Waals surface area contributed by atoms with E-state index in [1.807, 2.05) is 0 Å². The van der Waals surface area contributed by atoms with Crippen LogP contribution in [0.5, 0.6) is 0 Å². The van der Waals surface area contributed by atoms with Crippen molar-refractivity contribution in [3.63, 3.8) is 0 Å². The van der Waals surface area contributed by atoms with Crippen LogP contribution in [0.25, 0.3) is 0 Å². The summed E-state index contributed by atoms with van der Waals surface area (Å²) >= 11 is 0. The maximum atomic E-state index is 10.5. The summed E-state index contributed by atoms with van der Waals surface area (Å²) in [6.45, 7) is 10.8. The van der Waals surface area contributed by atoms with E-state index in [-0.39, 0.29) is 11.5 Å². The maximum Gasteiger partial charge on any atom is 0.186 e. The minimum Gasteiger partial charge on any atom is -0.394 e. The second-order valence-electron chi connectivity index (χ2n) is 15.2. The summed E-state index contributed by atoms with van der Waals surface area (Å²) in [5.41, 5.74) is 2.15. The van der Waals surface area contributed by atoms with Crippen molar-refractivity contribution in [2.24, 2.45) is 46.3 Å². The average Bonchev–Trinajstić information content (AvgIpc) is 3.30. The van der Waals surface area contributed by atoms with E-state index in [4.69, 9.17) is 9.47 Å². The molecular weight excluding hydrogens is 506 g/mol. The third-order valence-corrected chi connectivity index (χ3v) is 13.3. The van der Waals surface area contributed by atoms with Crippen molar-refractivity contribution in [1.82, 2.24) is 5.32 Å². The second kappa shape index (κ2) is 11.2. The molecule has 0 radical (unpaired) electrons. The van der Waals surface area contributed by atoms with Crippen LogP contribution >= 0.6 is 0 Å². The number of allylic oxidation sites excluding steroid dienone is 1. The number of ether oxygens (including phenoxy) is 2. The summed E-state index contributed by atoms with van der Waals surface area (Å²) in [5, 5.41) is 44.3. The first-order valence-electron chi connectivity index (χ1n) is 16.5. The van der Waals surface area contributed by atoms with Crippen molar-refractivity contribution in [3.8, 4) is 0 Å². The summed E-state index contributed by atoms with van der Waals surface area (Å²) in [6.07, 6.45) is 8.47. The van der Waals surface area contributed by atoms with Crippen molar-refractivity contribution in [1.29, 1.82) is 0 Å². The summed E-state index contributed by atoms with van der Waals surface area (Å²) in [7, 11) is 0. The number of hydrogen-bond donors (Lipinski definition) is 5. The molecule has 5 fully saturated rings. The first kappa shape index (κ1) is 29.5. The first-order valence-corrected chi connectivity index (χ1v) is 16.5. The monoisotopic (exact) mass is 561 g/mol. The minimum absolute atomic E-state index is 0.103. The fourth-order valence-corrected chi connectivity index (χ4v) is 10.8. The Hall–Kier alpha value is -0.540. The first-order chi connectivity index (χ1) is 19.1. The highest BCUT2D eigenvalue weighted by Gasteiger charge is 2.60. The summed E-state index contributed by atoms with van der Waals surface area (Å²) in [5.74, 6) is 4.70. The van der Waals surface area contributed by atoms with E-state index in [9.17, 15) is 20.4 Å². The van der Waals surface area contributed by atoms with Gasteiger partial charge in [0.15, 0.2) is 6.29 Å². The quantitative estimate of drug-likeness (QED) is 0.325. The molecule has 0 aromatic carbocycles. The van der Waals surface area contributed by atoms with Gasteiger partial charge in [-0.25, -0.2) is 0 Å². The number of hydrogen-bond acceptors (Lipinski definition) is 7. The number of aliphatic hydroxyl groups is 4. The fourth-order valence-electron chi connectivity index (χ4n) is 10.8. The molecule has 6 aliphatic rings. The molecule has 7 heteroatoms. The minimum atomic E-state index is -1.40. The van der Waals surface area contributed by atoms with E-state index in [2.05, 4.69) is 39.1 Å². The predicted molar refractivity (Wildman–Crippen MR) is 153 cm³/mol. The van der Waals surface area contributed by atoms with E-state index in [0.29, 0.717) is 11.5 Å². The van der Waals surface area contributed by atoms with Gasteiger partial charge in [0.1, 0.15) is 24.4 Å². The lowest BCUT2D eigenvalue weighted by atomic mass is 9.47. The van der Waals surface area contributed by atoms with Gasteiger partial charge < -0.3 is 35.2 Å². The molecule has 5 N–H and O–H groups in total. The molecule has 0 aromatic rings. The molecule has 228 valence electrons. The molecule has 15 atom stereocenters. The zero-order valence-electron chi connectivity index (χ0n) is 25.2. The normalized spacial score (nSPS) is 53.6. The van der Waals surface area contributed by atoms with Crippen LogP contribution in [0.15, 0.2) is 11.6 Å². The van der Waals surface area contributed by atoms with Crippen molar-refractivity contribution in [2.75, 3.05) is 13.2 Å². The smallest absolute Gasteiger partial charge is 0.186 e. The third-order valence-electron chi connectivity index (χ3n) is 13.3. The Bertz CT molecular complexity index is 934. The van der Waals surface area contributed by atoms with E-state index >= 15 is 0 Å². The molecule has 2 aliphatic heterocycles. The Kier molecular flexibility index (Phi) is 8.26.